The number of carbonyl (C=O) groups excluding carboxylic acids is 1. The van der Waals surface area contributed by atoms with E-state index in [1.54, 1.807) is 30.3 Å². The van der Waals surface area contributed by atoms with E-state index < -0.39 is 0 Å². The molecule has 27 heavy (non-hydrogen) atoms. The zero-order valence-electron chi connectivity index (χ0n) is 16.2. The van der Waals surface area contributed by atoms with Crippen LogP contribution >= 0.6 is 0 Å². The Hall–Kier alpha value is -3.02. The van der Waals surface area contributed by atoms with E-state index in [2.05, 4.69) is 11.2 Å². The number of aryl methyl sites for hydroxylation is 3. The van der Waals surface area contributed by atoms with Crippen LogP contribution in [0.5, 0.6) is 5.75 Å². The molecule has 2 heterocycles. The summed E-state index contributed by atoms with van der Waals surface area (Å²) in [6.45, 7) is 7.61. The molecule has 0 fully saturated rings. The third-order valence-corrected chi connectivity index (χ3v) is 4.30. The Kier molecular flexibility index (Phi) is 5.64. The summed E-state index contributed by atoms with van der Waals surface area (Å²) in [6, 6.07) is 11.4. The molecule has 0 N–H and O–H groups in total. The van der Waals surface area contributed by atoms with E-state index in [1.165, 1.54) is 0 Å². The van der Waals surface area contributed by atoms with Gasteiger partial charge in [0.05, 0.1) is 12.2 Å². The number of aromatic nitrogens is 2. The number of amides is 1. The van der Waals surface area contributed by atoms with E-state index >= 15 is 0 Å². The van der Waals surface area contributed by atoms with E-state index in [4.69, 9.17) is 9.15 Å². The molecule has 0 saturated carbocycles. The molecule has 0 bridgehead atoms. The van der Waals surface area contributed by atoms with Crippen LogP contribution in [0.4, 0.5) is 0 Å². The van der Waals surface area contributed by atoms with Crippen molar-refractivity contribution in [1.82, 2.24) is 14.7 Å². The van der Waals surface area contributed by atoms with Crippen molar-refractivity contribution in [3.8, 4) is 5.75 Å². The standard InChI is InChI=1S/C21H25N3O3/c1-5-24-17(8-9-22-24)13-23(4)21(25)20-7-6-18(27-20)14-26-19-11-15(2)10-16(3)12-19/h6-12H,5,13-14H2,1-4H3. The molecule has 0 spiro atoms. The number of hydrogen-bond donors (Lipinski definition) is 0. The van der Waals surface area contributed by atoms with Crippen LogP contribution in [0, 0.1) is 13.8 Å². The zero-order valence-corrected chi connectivity index (χ0v) is 16.2. The molecule has 0 atom stereocenters. The highest BCUT2D eigenvalue weighted by molar-refractivity contribution is 5.91. The lowest BCUT2D eigenvalue weighted by Crippen LogP contribution is -2.27. The summed E-state index contributed by atoms with van der Waals surface area (Å²) < 4.78 is 13.3. The van der Waals surface area contributed by atoms with Crippen LogP contribution in [0.2, 0.25) is 0 Å². The van der Waals surface area contributed by atoms with Gasteiger partial charge < -0.3 is 14.1 Å². The Morgan fingerprint density at radius 3 is 2.63 bits per heavy atom. The monoisotopic (exact) mass is 367 g/mol. The van der Waals surface area contributed by atoms with Crippen LogP contribution in [0.15, 0.2) is 47.0 Å². The van der Waals surface area contributed by atoms with Crippen molar-refractivity contribution >= 4 is 5.91 Å². The minimum absolute atomic E-state index is 0.170. The fraction of sp³-hybridized carbons (Fsp3) is 0.333. The van der Waals surface area contributed by atoms with Crippen molar-refractivity contribution < 1.29 is 13.9 Å². The van der Waals surface area contributed by atoms with Crippen molar-refractivity contribution in [2.24, 2.45) is 0 Å². The van der Waals surface area contributed by atoms with Crippen molar-refractivity contribution in [1.29, 1.82) is 0 Å². The van der Waals surface area contributed by atoms with Gasteiger partial charge in [0.25, 0.3) is 5.91 Å². The fourth-order valence-corrected chi connectivity index (χ4v) is 3.02. The van der Waals surface area contributed by atoms with Gasteiger partial charge in [-0.2, -0.15) is 5.10 Å². The number of hydrogen-bond acceptors (Lipinski definition) is 4. The summed E-state index contributed by atoms with van der Waals surface area (Å²) in [5, 5.41) is 4.23. The second-order valence-corrected chi connectivity index (χ2v) is 6.68. The Bertz CT molecular complexity index is 906. The van der Waals surface area contributed by atoms with Gasteiger partial charge in [-0.25, -0.2) is 0 Å². The lowest BCUT2D eigenvalue weighted by atomic mass is 10.1. The minimum atomic E-state index is -0.170. The van der Waals surface area contributed by atoms with Gasteiger partial charge in [-0.1, -0.05) is 6.07 Å². The summed E-state index contributed by atoms with van der Waals surface area (Å²) in [5.74, 6) is 1.54. The normalized spacial score (nSPS) is 10.8. The van der Waals surface area contributed by atoms with Gasteiger partial charge in [-0.05, 0) is 62.2 Å². The Morgan fingerprint density at radius 2 is 1.93 bits per heavy atom. The van der Waals surface area contributed by atoms with E-state index in [0.29, 0.717) is 18.1 Å². The first-order valence-corrected chi connectivity index (χ1v) is 9.02. The first-order valence-electron chi connectivity index (χ1n) is 9.02. The van der Waals surface area contributed by atoms with Crippen LogP contribution in [-0.2, 0) is 19.7 Å². The summed E-state index contributed by atoms with van der Waals surface area (Å²) in [5.41, 5.74) is 3.28. The van der Waals surface area contributed by atoms with Gasteiger partial charge in [0.15, 0.2) is 5.76 Å². The maximum Gasteiger partial charge on any atom is 0.289 e. The van der Waals surface area contributed by atoms with Gasteiger partial charge in [0.2, 0.25) is 0 Å². The molecule has 1 aromatic carbocycles. The number of rotatable bonds is 7. The third kappa shape index (κ3) is 4.58. The molecule has 142 valence electrons. The largest absolute Gasteiger partial charge is 0.486 e. The van der Waals surface area contributed by atoms with E-state index in [9.17, 15) is 4.79 Å². The highest BCUT2D eigenvalue weighted by Crippen LogP contribution is 2.19. The molecular weight excluding hydrogens is 342 g/mol. The van der Waals surface area contributed by atoms with Gasteiger partial charge >= 0.3 is 0 Å². The molecule has 0 unspecified atom stereocenters. The average Bonchev–Trinajstić information content (AvgIpc) is 3.27. The molecule has 3 aromatic rings. The number of nitrogens with zero attached hydrogens (tertiary/aromatic N) is 3. The second kappa shape index (κ2) is 8.12. The number of benzene rings is 1. The first-order chi connectivity index (χ1) is 13.0. The van der Waals surface area contributed by atoms with Crippen LogP contribution in [0.1, 0.15) is 40.1 Å². The number of carbonyl (C=O) groups is 1. The second-order valence-electron chi connectivity index (χ2n) is 6.68. The molecule has 0 aliphatic rings. The first kappa shape index (κ1) is 18.8. The molecule has 0 aliphatic heterocycles. The van der Waals surface area contributed by atoms with Gasteiger partial charge in [0.1, 0.15) is 18.1 Å². The van der Waals surface area contributed by atoms with Crippen LogP contribution in [0.3, 0.4) is 0 Å². The minimum Gasteiger partial charge on any atom is -0.486 e. The molecule has 1 amide bonds. The predicted octanol–water partition coefficient (Wildman–Crippen LogP) is 3.96. The molecule has 0 saturated heterocycles. The van der Waals surface area contributed by atoms with Crippen LogP contribution in [0.25, 0.3) is 0 Å². The average molecular weight is 367 g/mol. The summed E-state index contributed by atoms with van der Waals surface area (Å²) in [4.78, 5) is 14.2. The van der Waals surface area contributed by atoms with E-state index in [0.717, 1.165) is 29.1 Å². The highest BCUT2D eigenvalue weighted by atomic mass is 16.5. The Morgan fingerprint density at radius 1 is 1.19 bits per heavy atom. The van der Waals surface area contributed by atoms with Gasteiger partial charge in [-0.15, -0.1) is 0 Å². The lowest BCUT2D eigenvalue weighted by molar-refractivity contribution is 0.0745. The molecule has 2 aromatic heterocycles. The van der Waals surface area contributed by atoms with Crippen molar-refractivity contribution in [2.75, 3.05) is 7.05 Å². The Labute approximate surface area is 159 Å². The van der Waals surface area contributed by atoms with Gasteiger partial charge in [0, 0.05) is 19.8 Å². The van der Waals surface area contributed by atoms with E-state index in [1.807, 2.05) is 43.7 Å². The molecule has 6 heteroatoms. The van der Waals surface area contributed by atoms with Gasteiger partial charge in [-0.3, -0.25) is 9.48 Å². The summed E-state index contributed by atoms with van der Waals surface area (Å²) in [7, 11) is 1.75. The zero-order chi connectivity index (χ0) is 19.4. The summed E-state index contributed by atoms with van der Waals surface area (Å²) >= 11 is 0. The maximum atomic E-state index is 12.6. The lowest BCUT2D eigenvalue weighted by Gasteiger charge is -2.16. The molecular formula is C21H25N3O3. The van der Waals surface area contributed by atoms with Crippen molar-refractivity contribution in [3.05, 3.63) is 70.9 Å². The smallest absolute Gasteiger partial charge is 0.289 e. The van der Waals surface area contributed by atoms with E-state index in [-0.39, 0.29) is 12.5 Å². The SMILES string of the molecule is CCn1nccc1CN(C)C(=O)c1ccc(COc2cc(C)cc(C)c2)o1. The molecule has 0 aliphatic carbocycles. The topological polar surface area (TPSA) is 60.5 Å². The number of furan rings is 1. The predicted molar refractivity (Wildman–Crippen MR) is 103 cm³/mol. The van der Waals surface area contributed by atoms with Crippen LogP contribution in [-0.4, -0.2) is 27.6 Å². The highest BCUT2D eigenvalue weighted by Gasteiger charge is 2.18. The quantitative estimate of drug-likeness (QED) is 0.634. The fourth-order valence-electron chi connectivity index (χ4n) is 3.02. The number of ether oxygens (including phenoxy) is 1. The Balaban J connectivity index is 1.61. The molecule has 0 radical (unpaired) electrons. The van der Waals surface area contributed by atoms with Crippen molar-refractivity contribution in [2.45, 2.75) is 40.5 Å². The third-order valence-electron chi connectivity index (χ3n) is 4.30. The molecule has 3 rings (SSSR count). The van der Waals surface area contributed by atoms with Crippen LogP contribution < -0.4 is 4.74 Å². The summed E-state index contributed by atoms with van der Waals surface area (Å²) in [6.07, 6.45) is 1.74. The maximum absolute atomic E-state index is 12.6. The molecule has 6 nitrogen and oxygen atoms in total. The van der Waals surface area contributed by atoms with Crippen molar-refractivity contribution in [3.63, 3.8) is 0 Å².